The summed E-state index contributed by atoms with van der Waals surface area (Å²) in [5, 5.41) is 10.2. The lowest BCUT2D eigenvalue weighted by atomic mass is 9.33. The second-order valence-electron chi connectivity index (χ2n) is 12.5. The third kappa shape index (κ3) is 2.42. The zero-order valence-corrected chi connectivity index (χ0v) is 20.3. The third-order valence-electron chi connectivity index (χ3n) is 11.0. The number of rotatable bonds is 0. The number of Topliss-reactive ketones (excluding diaryl/α,β-unsaturated/α-hetero) is 1. The van der Waals surface area contributed by atoms with Crippen molar-refractivity contribution in [2.45, 2.75) is 80.1 Å². The van der Waals surface area contributed by atoms with Crippen molar-refractivity contribution in [1.29, 1.82) is 0 Å². The maximum absolute atomic E-state index is 13.8. The summed E-state index contributed by atoms with van der Waals surface area (Å²) >= 11 is 0. The Morgan fingerprint density at radius 1 is 0.938 bits per heavy atom. The highest BCUT2D eigenvalue weighted by molar-refractivity contribution is 6.09. The summed E-state index contributed by atoms with van der Waals surface area (Å²) in [5.74, 6) is 0.251. The van der Waals surface area contributed by atoms with E-state index in [9.17, 15) is 19.5 Å². The third-order valence-corrected chi connectivity index (χ3v) is 11.0. The van der Waals surface area contributed by atoms with Gasteiger partial charge in [0, 0.05) is 29.2 Å². The van der Waals surface area contributed by atoms with E-state index in [1.807, 2.05) is 0 Å². The Balaban J connectivity index is 1.65. The molecule has 0 unspecified atom stereocenters. The van der Waals surface area contributed by atoms with E-state index < -0.39 is 5.41 Å². The van der Waals surface area contributed by atoms with Gasteiger partial charge in [-0.05, 0) is 84.5 Å². The van der Waals surface area contributed by atoms with E-state index >= 15 is 0 Å². The summed E-state index contributed by atoms with van der Waals surface area (Å²) in [4.78, 5) is 39.0. The second kappa shape index (κ2) is 6.33. The largest absolute Gasteiger partial charge is 0.504 e. The fourth-order valence-electron chi connectivity index (χ4n) is 8.88. The van der Waals surface area contributed by atoms with Crippen LogP contribution in [-0.2, 0) is 14.4 Å². The molecule has 5 aliphatic rings. The molecular formula is C28H36O4. The van der Waals surface area contributed by atoms with Crippen molar-refractivity contribution in [3.05, 3.63) is 34.6 Å². The SMILES string of the molecule is CC1=C(O)C(=O)C=C2C1=CC(=O)[C@H]1[C@@]2(C)CC[C@@]2(C)[C@@H]3C[C@@H](C)C(=O)C[C@]3(C)CC[C@]12C. The molecule has 0 aromatic rings. The van der Waals surface area contributed by atoms with Crippen LogP contribution in [0, 0.1) is 39.4 Å². The smallest absolute Gasteiger partial charge is 0.220 e. The zero-order chi connectivity index (χ0) is 23.4. The topological polar surface area (TPSA) is 71.4 Å². The first-order valence-electron chi connectivity index (χ1n) is 12.2. The van der Waals surface area contributed by atoms with Gasteiger partial charge in [0.05, 0.1) is 0 Å². The van der Waals surface area contributed by atoms with Gasteiger partial charge in [0.15, 0.2) is 11.5 Å². The molecule has 0 spiro atoms. The first-order valence-corrected chi connectivity index (χ1v) is 12.2. The molecule has 5 aliphatic carbocycles. The highest BCUT2D eigenvalue weighted by Gasteiger charge is 2.69. The van der Waals surface area contributed by atoms with Crippen LogP contribution in [-0.4, -0.2) is 22.5 Å². The van der Waals surface area contributed by atoms with Crippen molar-refractivity contribution in [3.63, 3.8) is 0 Å². The number of ketones is 3. The molecule has 0 radical (unpaired) electrons. The Kier molecular flexibility index (Phi) is 4.32. The first kappa shape index (κ1) is 21.9. The van der Waals surface area contributed by atoms with Gasteiger partial charge in [0.2, 0.25) is 5.78 Å². The highest BCUT2D eigenvalue weighted by Crippen LogP contribution is 2.74. The molecule has 3 fully saturated rings. The molecule has 1 N–H and O–H groups in total. The summed E-state index contributed by atoms with van der Waals surface area (Å²) in [6, 6.07) is 0. The predicted molar refractivity (Wildman–Crippen MR) is 123 cm³/mol. The summed E-state index contributed by atoms with van der Waals surface area (Å²) in [5.41, 5.74) is 1.56. The quantitative estimate of drug-likeness (QED) is 0.530. The van der Waals surface area contributed by atoms with Crippen LogP contribution >= 0.6 is 0 Å². The molecule has 0 aromatic carbocycles. The lowest BCUT2D eigenvalue weighted by Crippen LogP contribution is -2.66. The van der Waals surface area contributed by atoms with Crippen molar-refractivity contribution >= 4 is 17.3 Å². The molecule has 0 bridgehead atoms. The normalized spacial score (nSPS) is 48.3. The second-order valence-corrected chi connectivity index (χ2v) is 12.5. The molecule has 4 nitrogen and oxygen atoms in total. The molecular weight excluding hydrogens is 400 g/mol. The van der Waals surface area contributed by atoms with Crippen LogP contribution in [0.1, 0.15) is 80.1 Å². The molecule has 32 heavy (non-hydrogen) atoms. The zero-order valence-electron chi connectivity index (χ0n) is 20.3. The van der Waals surface area contributed by atoms with E-state index in [0.717, 1.165) is 43.3 Å². The number of hydrogen-bond donors (Lipinski definition) is 1. The van der Waals surface area contributed by atoms with E-state index in [0.29, 0.717) is 23.7 Å². The van der Waals surface area contributed by atoms with Gasteiger partial charge in [-0.3, -0.25) is 14.4 Å². The molecule has 0 heterocycles. The Labute approximate surface area is 191 Å². The van der Waals surface area contributed by atoms with Crippen LogP contribution in [0.3, 0.4) is 0 Å². The average molecular weight is 437 g/mol. The van der Waals surface area contributed by atoms with Crippen LogP contribution in [0.2, 0.25) is 0 Å². The minimum absolute atomic E-state index is 0.00942. The number of carbonyl (C=O) groups excluding carboxylic acids is 3. The predicted octanol–water partition coefficient (Wildman–Crippen LogP) is 5.68. The van der Waals surface area contributed by atoms with Gasteiger partial charge in [-0.25, -0.2) is 0 Å². The number of aliphatic hydroxyl groups excluding tert-OH is 1. The van der Waals surface area contributed by atoms with Crippen LogP contribution in [0.4, 0.5) is 0 Å². The van der Waals surface area contributed by atoms with Gasteiger partial charge < -0.3 is 5.11 Å². The fraction of sp³-hybridized carbons (Fsp3) is 0.679. The standard InChI is InChI=1S/C28H36O4/c1-15-11-22-25(3,14-21(15)31)7-9-28(6)24-20(30)12-17-16(2)23(32)19(29)13-18(17)26(24,4)8-10-27(22,28)5/h12-13,15,22,24,32H,7-11,14H2,1-6H3/t15-,22-,24+,25+,26+,27+,28-/m1/s1. The number of hydrogen-bond acceptors (Lipinski definition) is 4. The van der Waals surface area contributed by atoms with Crippen LogP contribution in [0.25, 0.3) is 0 Å². The van der Waals surface area contributed by atoms with Crippen LogP contribution in [0.15, 0.2) is 34.6 Å². The fourth-order valence-corrected chi connectivity index (χ4v) is 8.88. The number of aliphatic hydroxyl groups is 1. The van der Waals surface area contributed by atoms with Crippen molar-refractivity contribution in [2.24, 2.45) is 39.4 Å². The van der Waals surface area contributed by atoms with Crippen molar-refractivity contribution in [3.8, 4) is 0 Å². The Morgan fingerprint density at radius 2 is 1.59 bits per heavy atom. The maximum Gasteiger partial charge on any atom is 0.220 e. The molecule has 7 atom stereocenters. The molecule has 0 aliphatic heterocycles. The van der Waals surface area contributed by atoms with Gasteiger partial charge in [0.1, 0.15) is 5.78 Å². The summed E-state index contributed by atoms with van der Waals surface area (Å²) < 4.78 is 0. The number of fused-ring (bicyclic) bond motifs is 7. The van der Waals surface area contributed by atoms with E-state index in [1.54, 1.807) is 19.1 Å². The Hall–Kier alpha value is -1.97. The molecule has 0 aromatic heterocycles. The van der Waals surface area contributed by atoms with Gasteiger partial charge in [-0.1, -0.05) is 34.6 Å². The Morgan fingerprint density at radius 3 is 2.28 bits per heavy atom. The molecule has 5 rings (SSSR count). The van der Waals surface area contributed by atoms with Crippen LogP contribution in [0.5, 0.6) is 0 Å². The minimum atomic E-state index is -0.420. The summed E-state index contributed by atoms with van der Waals surface area (Å²) in [7, 11) is 0. The molecule has 4 heteroatoms. The van der Waals surface area contributed by atoms with Gasteiger partial charge in [-0.15, -0.1) is 0 Å². The van der Waals surface area contributed by atoms with E-state index in [4.69, 9.17) is 0 Å². The summed E-state index contributed by atoms with van der Waals surface area (Å²) in [6.07, 6.45) is 8.59. The molecule has 0 saturated heterocycles. The first-order chi connectivity index (χ1) is 14.8. The maximum atomic E-state index is 13.8. The molecule has 3 saturated carbocycles. The van der Waals surface area contributed by atoms with E-state index in [-0.39, 0.29) is 45.4 Å². The lowest BCUT2D eigenvalue weighted by Gasteiger charge is -2.70. The minimum Gasteiger partial charge on any atom is -0.504 e. The average Bonchev–Trinajstić information content (AvgIpc) is 2.71. The van der Waals surface area contributed by atoms with Crippen molar-refractivity contribution in [1.82, 2.24) is 0 Å². The molecule has 0 amide bonds. The molecule has 172 valence electrons. The Bertz CT molecular complexity index is 1060. The van der Waals surface area contributed by atoms with Crippen molar-refractivity contribution in [2.75, 3.05) is 0 Å². The van der Waals surface area contributed by atoms with Gasteiger partial charge >= 0.3 is 0 Å². The van der Waals surface area contributed by atoms with Crippen molar-refractivity contribution < 1.29 is 19.5 Å². The van der Waals surface area contributed by atoms with Crippen LogP contribution < -0.4 is 0 Å². The van der Waals surface area contributed by atoms with Gasteiger partial charge in [0.25, 0.3) is 0 Å². The number of allylic oxidation sites excluding steroid dienone is 5. The number of carbonyl (C=O) groups is 3. The van der Waals surface area contributed by atoms with Gasteiger partial charge in [-0.2, -0.15) is 0 Å². The van der Waals surface area contributed by atoms with E-state index in [2.05, 4.69) is 34.6 Å². The summed E-state index contributed by atoms with van der Waals surface area (Å²) in [6.45, 7) is 13.0. The highest BCUT2D eigenvalue weighted by atomic mass is 16.3. The van der Waals surface area contributed by atoms with E-state index in [1.165, 1.54) is 0 Å². The lowest BCUT2D eigenvalue weighted by molar-refractivity contribution is -0.206. The monoisotopic (exact) mass is 436 g/mol.